The highest BCUT2D eigenvalue weighted by Gasteiger charge is 2.20. The summed E-state index contributed by atoms with van der Waals surface area (Å²) in [4.78, 5) is 30.3. The summed E-state index contributed by atoms with van der Waals surface area (Å²) in [6.07, 6.45) is 0. The number of aromatic nitrogens is 6. The number of fused-ring (bicyclic) bond motifs is 3. The first-order valence-corrected chi connectivity index (χ1v) is 20.9. The Morgan fingerprint density at radius 3 is 1.11 bits per heavy atom. The van der Waals surface area contributed by atoms with Crippen molar-refractivity contribution in [2.24, 2.45) is 0 Å². The van der Waals surface area contributed by atoms with Gasteiger partial charge in [-0.1, -0.05) is 200 Å². The van der Waals surface area contributed by atoms with Gasteiger partial charge in [-0.25, -0.2) is 29.9 Å². The molecule has 0 unspecified atom stereocenters. The van der Waals surface area contributed by atoms with Gasteiger partial charge in [-0.05, 0) is 28.3 Å². The summed E-state index contributed by atoms with van der Waals surface area (Å²) >= 11 is 1.84. The van der Waals surface area contributed by atoms with Gasteiger partial charge >= 0.3 is 0 Å². The molecule has 0 saturated heterocycles. The van der Waals surface area contributed by atoms with E-state index in [4.69, 9.17) is 29.9 Å². The van der Waals surface area contributed by atoms with Crippen LogP contribution in [0.4, 0.5) is 0 Å². The maximum Gasteiger partial charge on any atom is 0.164 e. The van der Waals surface area contributed by atoms with Crippen molar-refractivity contribution in [3.63, 3.8) is 0 Å². The Balaban J connectivity index is 1.01. The van der Waals surface area contributed by atoms with Crippen LogP contribution in [0.5, 0.6) is 0 Å². The van der Waals surface area contributed by atoms with Crippen molar-refractivity contribution < 1.29 is 0 Å². The Labute approximate surface area is 356 Å². The lowest BCUT2D eigenvalue weighted by atomic mass is 10.00. The zero-order chi connectivity index (χ0) is 40.5. The summed E-state index contributed by atoms with van der Waals surface area (Å²) in [5, 5.41) is 2.54. The Hall–Kier alpha value is -8.00. The fourth-order valence-electron chi connectivity index (χ4n) is 7.78. The SMILES string of the molecule is c1ccc(-c2ccc3c(c2)sc2c(-c4ccc(-c5nc(-c6ccccc6)nc(-c6ccccc6-c6nc(-c7ccccc7)nc(-c7ccccc7)n6)n5)cc4)cccc23)cc1. The van der Waals surface area contributed by atoms with Gasteiger partial charge in [0.15, 0.2) is 34.9 Å². The largest absolute Gasteiger partial charge is 0.208 e. The number of rotatable bonds is 8. The van der Waals surface area contributed by atoms with Gasteiger partial charge in [-0.2, -0.15) is 0 Å². The summed E-state index contributed by atoms with van der Waals surface area (Å²) in [5.74, 6) is 3.38. The molecule has 0 aliphatic rings. The average Bonchev–Trinajstić information content (AvgIpc) is 3.73. The fraction of sp³-hybridized carbons (Fsp3) is 0. The molecular formula is C54H34N6S. The zero-order valence-corrected chi connectivity index (χ0v) is 33.5. The highest BCUT2D eigenvalue weighted by molar-refractivity contribution is 7.26. The Morgan fingerprint density at radius 2 is 0.623 bits per heavy atom. The standard InChI is InChI=1S/C54H34N6S/c1-5-16-35(17-6-1)41-32-33-43-44-27-15-26-42(48(44)61-47(43)34-41)36-28-30-40(31-29-36)52-56-51(39-22-11-4-12-23-39)59-54(60-52)46-25-14-13-24-45(46)53-57-49(37-18-7-2-8-19-37)55-50(58-53)38-20-9-3-10-21-38/h1-34H. The smallest absolute Gasteiger partial charge is 0.164 e. The molecule has 0 amide bonds. The molecule has 286 valence electrons. The summed E-state index contributed by atoms with van der Waals surface area (Å²) < 4.78 is 2.54. The number of benzene rings is 8. The third-order valence-corrected chi connectivity index (χ3v) is 12.0. The van der Waals surface area contributed by atoms with Crippen LogP contribution >= 0.6 is 11.3 Å². The van der Waals surface area contributed by atoms with Crippen molar-refractivity contribution in [1.29, 1.82) is 0 Å². The predicted molar refractivity (Wildman–Crippen MR) is 250 cm³/mol. The van der Waals surface area contributed by atoms with Gasteiger partial charge in [0, 0.05) is 53.6 Å². The number of hydrogen-bond acceptors (Lipinski definition) is 7. The van der Waals surface area contributed by atoms with Crippen LogP contribution < -0.4 is 0 Å². The first-order valence-electron chi connectivity index (χ1n) is 20.1. The minimum absolute atomic E-state index is 0.524. The molecule has 0 bridgehead atoms. The molecule has 0 saturated carbocycles. The second-order valence-corrected chi connectivity index (χ2v) is 15.7. The number of thiophene rings is 1. The zero-order valence-electron chi connectivity index (χ0n) is 32.7. The lowest BCUT2D eigenvalue weighted by molar-refractivity contribution is 1.06. The molecule has 6 nitrogen and oxygen atoms in total. The van der Waals surface area contributed by atoms with Crippen molar-refractivity contribution in [3.8, 4) is 90.6 Å². The molecule has 0 aliphatic heterocycles. The van der Waals surface area contributed by atoms with Crippen LogP contribution in [0.25, 0.3) is 111 Å². The van der Waals surface area contributed by atoms with Gasteiger partial charge in [0.05, 0.1) is 0 Å². The van der Waals surface area contributed by atoms with Crippen molar-refractivity contribution in [2.75, 3.05) is 0 Å². The van der Waals surface area contributed by atoms with E-state index in [-0.39, 0.29) is 0 Å². The molecule has 11 aromatic rings. The molecule has 0 fully saturated rings. The quantitative estimate of drug-likeness (QED) is 0.152. The third kappa shape index (κ3) is 7.03. The van der Waals surface area contributed by atoms with Crippen molar-refractivity contribution in [2.45, 2.75) is 0 Å². The van der Waals surface area contributed by atoms with E-state index in [0.29, 0.717) is 34.9 Å². The first kappa shape index (κ1) is 36.1. The summed E-state index contributed by atoms with van der Waals surface area (Å²) in [6.45, 7) is 0. The maximum absolute atomic E-state index is 5.17. The molecule has 11 rings (SSSR count). The van der Waals surface area contributed by atoms with Gasteiger partial charge < -0.3 is 0 Å². The van der Waals surface area contributed by atoms with E-state index in [0.717, 1.165) is 38.9 Å². The van der Waals surface area contributed by atoms with E-state index in [1.807, 2.05) is 127 Å². The first-order chi connectivity index (χ1) is 30.2. The molecule has 7 heteroatoms. The highest BCUT2D eigenvalue weighted by Crippen LogP contribution is 2.42. The molecule has 3 heterocycles. The molecule has 0 aliphatic carbocycles. The van der Waals surface area contributed by atoms with Gasteiger partial charge in [-0.15, -0.1) is 11.3 Å². The highest BCUT2D eigenvalue weighted by atomic mass is 32.1. The monoisotopic (exact) mass is 798 g/mol. The lowest BCUT2D eigenvalue weighted by Gasteiger charge is -2.13. The molecule has 0 atom stereocenters. The van der Waals surface area contributed by atoms with Crippen LogP contribution in [0.2, 0.25) is 0 Å². The molecule has 61 heavy (non-hydrogen) atoms. The van der Waals surface area contributed by atoms with Gasteiger partial charge in [-0.3, -0.25) is 0 Å². The topological polar surface area (TPSA) is 77.3 Å². The van der Waals surface area contributed by atoms with Crippen LogP contribution in [0.1, 0.15) is 0 Å². The predicted octanol–water partition coefficient (Wildman–Crippen LogP) is 13.8. The van der Waals surface area contributed by atoms with E-state index >= 15 is 0 Å². The fourth-order valence-corrected chi connectivity index (χ4v) is 9.06. The van der Waals surface area contributed by atoms with E-state index < -0.39 is 0 Å². The normalized spacial score (nSPS) is 11.3. The van der Waals surface area contributed by atoms with Gasteiger partial charge in [0.1, 0.15) is 0 Å². The summed E-state index contributed by atoms with van der Waals surface area (Å²) in [5.41, 5.74) is 9.93. The minimum atomic E-state index is 0.524. The van der Waals surface area contributed by atoms with Gasteiger partial charge in [0.2, 0.25) is 0 Å². The van der Waals surface area contributed by atoms with E-state index in [1.54, 1.807) is 0 Å². The molecule has 8 aromatic carbocycles. The van der Waals surface area contributed by atoms with Crippen LogP contribution in [0.15, 0.2) is 206 Å². The number of nitrogens with zero attached hydrogens (tertiary/aromatic N) is 6. The van der Waals surface area contributed by atoms with Crippen molar-refractivity contribution in [3.05, 3.63) is 206 Å². The van der Waals surface area contributed by atoms with E-state index in [9.17, 15) is 0 Å². The Morgan fingerprint density at radius 1 is 0.246 bits per heavy atom. The molecule has 0 spiro atoms. The Bertz CT molecular complexity index is 3280. The van der Waals surface area contributed by atoms with E-state index in [1.165, 1.54) is 36.9 Å². The summed E-state index contributed by atoms with van der Waals surface area (Å²) in [6, 6.07) is 70.6. The van der Waals surface area contributed by atoms with Crippen molar-refractivity contribution in [1.82, 2.24) is 29.9 Å². The Kier molecular flexibility index (Phi) is 9.26. The van der Waals surface area contributed by atoms with Gasteiger partial charge in [0.25, 0.3) is 0 Å². The second kappa shape index (κ2) is 15.6. The van der Waals surface area contributed by atoms with Crippen LogP contribution in [0.3, 0.4) is 0 Å². The second-order valence-electron chi connectivity index (χ2n) is 14.7. The minimum Gasteiger partial charge on any atom is -0.208 e. The third-order valence-electron chi connectivity index (χ3n) is 10.8. The van der Waals surface area contributed by atoms with E-state index in [2.05, 4.69) is 91.0 Å². The van der Waals surface area contributed by atoms with Crippen LogP contribution in [-0.4, -0.2) is 29.9 Å². The number of hydrogen-bond donors (Lipinski definition) is 0. The molecular weight excluding hydrogens is 765 g/mol. The van der Waals surface area contributed by atoms with Crippen molar-refractivity contribution >= 4 is 31.5 Å². The van der Waals surface area contributed by atoms with Crippen LogP contribution in [0, 0.1) is 0 Å². The maximum atomic E-state index is 5.17. The molecule has 3 aromatic heterocycles. The molecule has 0 N–H and O–H groups in total. The van der Waals surface area contributed by atoms with Crippen LogP contribution in [-0.2, 0) is 0 Å². The summed E-state index contributed by atoms with van der Waals surface area (Å²) in [7, 11) is 0. The average molecular weight is 799 g/mol. The lowest BCUT2D eigenvalue weighted by Crippen LogP contribution is -2.03. The molecule has 0 radical (unpaired) electrons.